The Balaban J connectivity index is 2.35. The van der Waals surface area contributed by atoms with Crippen LogP contribution in [0.4, 0.5) is 10.1 Å². The Kier molecular flexibility index (Phi) is 5.25. The van der Waals surface area contributed by atoms with Gasteiger partial charge in [0.1, 0.15) is 5.82 Å². The van der Waals surface area contributed by atoms with Crippen LogP contribution >= 0.6 is 15.9 Å². The van der Waals surface area contributed by atoms with E-state index in [1.54, 1.807) is 12.1 Å². The van der Waals surface area contributed by atoms with E-state index in [0.717, 1.165) is 0 Å². The number of hydrogen-bond donors (Lipinski definition) is 1. The van der Waals surface area contributed by atoms with Gasteiger partial charge in [-0.15, -0.1) is 0 Å². The molecule has 0 aliphatic rings. The summed E-state index contributed by atoms with van der Waals surface area (Å²) >= 11 is 3.18. The molecule has 5 heteroatoms. The average molecular weight is 290 g/mol. The third-order valence-electron chi connectivity index (χ3n) is 2.03. The van der Waals surface area contributed by atoms with Gasteiger partial charge in [0.05, 0.1) is 12.8 Å². The van der Waals surface area contributed by atoms with Crippen molar-refractivity contribution in [1.29, 1.82) is 0 Å². The van der Waals surface area contributed by atoms with Gasteiger partial charge in [0, 0.05) is 17.4 Å². The first-order valence-electron chi connectivity index (χ1n) is 4.89. The topological polar surface area (TPSA) is 38.3 Å². The lowest BCUT2D eigenvalue weighted by Gasteiger charge is -2.07. The molecule has 1 aromatic carbocycles. The molecule has 88 valence electrons. The van der Waals surface area contributed by atoms with Crippen LogP contribution in [0, 0.1) is 5.82 Å². The molecular weight excluding hydrogens is 277 g/mol. The standard InChI is InChI=1S/C11H13BrFNO2/c1-16-11(15)3-2-6-14-10-5-4-8(12)7-9(10)13/h4-5,7,14H,2-3,6H2,1H3. The van der Waals surface area contributed by atoms with Crippen molar-refractivity contribution in [3.8, 4) is 0 Å². The number of ether oxygens (including phenoxy) is 1. The largest absolute Gasteiger partial charge is 0.469 e. The lowest BCUT2D eigenvalue weighted by molar-refractivity contribution is -0.140. The predicted octanol–water partition coefficient (Wildman–Crippen LogP) is 2.95. The molecule has 1 rings (SSSR count). The van der Waals surface area contributed by atoms with Crippen LogP contribution in [0.5, 0.6) is 0 Å². The monoisotopic (exact) mass is 289 g/mol. The summed E-state index contributed by atoms with van der Waals surface area (Å²) in [6.07, 6.45) is 0.948. The molecule has 3 nitrogen and oxygen atoms in total. The van der Waals surface area contributed by atoms with E-state index in [0.29, 0.717) is 29.5 Å². The Morgan fingerprint density at radius 3 is 2.94 bits per heavy atom. The quantitative estimate of drug-likeness (QED) is 0.669. The number of esters is 1. The van der Waals surface area contributed by atoms with Gasteiger partial charge in [0.15, 0.2) is 0 Å². The van der Waals surface area contributed by atoms with Crippen molar-refractivity contribution in [2.24, 2.45) is 0 Å². The summed E-state index contributed by atoms with van der Waals surface area (Å²) in [5.41, 5.74) is 0.438. The molecular formula is C11H13BrFNO2. The molecule has 0 aliphatic heterocycles. The Morgan fingerprint density at radius 1 is 1.56 bits per heavy atom. The normalized spacial score (nSPS) is 9.94. The third kappa shape index (κ3) is 4.18. The van der Waals surface area contributed by atoms with E-state index in [4.69, 9.17) is 0 Å². The van der Waals surface area contributed by atoms with Crippen LogP contribution < -0.4 is 5.32 Å². The molecule has 0 heterocycles. The highest BCUT2D eigenvalue weighted by Gasteiger charge is 2.03. The first kappa shape index (κ1) is 13.0. The van der Waals surface area contributed by atoms with Crippen molar-refractivity contribution < 1.29 is 13.9 Å². The number of hydrogen-bond acceptors (Lipinski definition) is 3. The first-order chi connectivity index (χ1) is 7.63. The molecule has 0 bridgehead atoms. The van der Waals surface area contributed by atoms with Gasteiger partial charge in [0.25, 0.3) is 0 Å². The van der Waals surface area contributed by atoms with E-state index in [2.05, 4.69) is 26.0 Å². The molecule has 0 saturated carbocycles. The summed E-state index contributed by atoms with van der Waals surface area (Å²) in [7, 11) is 1.35. The number of carbonyl (C=O) groups is 1. The van der Waals surface area contributed by atoms with Gasteiger partial charge in [-0.3, -0.25) is 4.79 Å². The van der Waals surface area contributed by atoms with Crippen molar-refractivity contribution >= 4 is 27.6 Å². The SMILES string of the molecule is COC(=O)CCCNc1ccc(Br)cc1F. The Morgan fingerprint density at radius 2 is 2.31 bits per heavy atom. The zero-order chi connectivity index (χ0) is 12.0. The summed E-state index contributed by atoms with van der Waals surface area (Å²) in [6.45, 7) is 0.535. The van der Waals surface area contributed by atoms with Crippen molar-refractivity contribution in [1.82, 2.24) is 0 Å². The van der Waals surface area contributed by atoms with E-state index in [-0.39, 0.29) is 11.8 Å². The molecule has 0 aromatic heterocycles. The first-order valence-corrected chi connectivity index (χ1v) is 5.68. The number of anilines is 1. The Hall–Kier alpha value is -1.10. The zero-order valence-corrected chi connectivity index (χ0v) is 10.5. The maximum Gasteiger partial charge on any atom is 0.305 e. The average Bonchev–Trinajstić information content (AvgIpc) is 2.26. The highest BCUT2D eigenvalue weighted by atomic mass is 79.9. The summed E-state index contributed by atoms with van der Waals surface area (Å²) in [4.78, 5) is 10.8. The summed E-state index contributed by atoms with van der Waals surface area (Å²) in [5.74, 6) is -0.564. The third-order valence-corrected chi connectivity index (χ3v) is 2.53. The molecule has 0 radical (unpaired) electrons. The molecule has 0 saturated heterocycles. The van der Waals surface area contributed by atoms with E-state index in [1.165, 1.54) is 13.2 Å². The van der Waals surface area contributed by atoms with Gasteiger partial charge in [-0.2, -0.15) is 0 Å². The van der Waals surface area contributed by atoms with E-state index < -0.39 is 0 Å². The number of methoxy groups -OCH3 is 1. The van der Waals surface area contributed by atoms with Crippen LogP contribution in [0.2, 0.25) is 0 Å². The van der Waals surface area contributed by atoms with Crippen LogP contribution in [0.25, 0.3) is 0 Å². The molecule has 0 unspecified atom stereocenters. The molecule has 0 amide bonds. The van der Waals surface area contributed by atoms with E-state index in [9.17, 15) is 9.18 Å². The predicted molar refractivity (Wildman–Crippen MR) is 63.8 cm³/mol. The summed E-state index contributed by atoms with van der Waals surface area (Å²) in [5, 5.41) is 2.92. The minimum atomic E-state index is -0.313. The molecule has 16 heavy (non-hydrogen) atoms. The van der Waals surface area contributed by atoms with Crippen LogP contribution in [0.15, 0.2) is 22.7 Å². The Bertz CT molecular complexity index is 371. The highest BCUT2D eigenvalue weighted by Crippen LogP contribution is 2.19. The lowest BCUT2D eigenvalue weighted by Crippen LogP contribution is -2.07. The minimum Gasteiger partial charge on any atom is -0.469 e. The fourth-order valence-corrected chi connectivity index (χ4v) is 1.52. The molecule has 0 aliphatic carbocycles. The minimum absolute atomic E-state index is 0.252. The van der Waals surface area contributed by atoms with Crippen molar-refractivity contribution in [2.45, 2.75) is 12.8 Å². The van der Waals surface area contributed by atoms with Crippen molar-refractivity contribution in [3.63, 3.8) is 0 Å². The molecule has 1 N–H and O–H groups in total. The van der Waals surface area contributed by atoms with Crippen LogP contribution in [-0.2, 0) is 9.53 Å². The molecule has 0 fully saturated rings. The number of halogens is 2. The maximum atomic E-state index is 13.3. The second-order valence-corrected chi connectivity index (χ2v) is 4.15. The lowest BCUT2D eigenvalue weighted by atomic mass is 10.2. The van der Waals surface area contributed by atoms with Gasteiger partial charge < -0.3 is 10.1 Å². The molecule has 0 spiro atoms. The van der Waals surface area contributed by atoms with Gasteiger partial charge in [-0.25, -0.2) is 4.39 Å². The molecule has 0 atom stereocenters. The fraction of sp³-hybridized carbons (Fsp3) is 0.364. The number of rotatable bonds is 5. The fourth-order valence-electron chi connectivity index (χ4n) is 1.19. The Labute approximate surface area is 102 Å². The summed E-state index contributed by atoms with van der Waals surface area (Å²) in [6, 6.07) is 4.80. The van der Waals surface area contributed by atoms with E-state index in [1.807, 2.05) is 0 Å². The highest BCUT2D eigenvalue weighted by molar-refractivity contribution is 9.10. The maximum absolute atomic E-state index is 13.3. The molecule has 1 aromatic rings. The number of nitrogens with one attached hydrogen (secondary N) is 1. The number of benzene rings is 1. The zero-order valence-electron chi connectivity index (χ0n) is 8.93. The summed E-state index contributed by atoms with van der Waals surface area (Å²) < 4.78 is 18.5. The van der Waals surface area contributed by atoms with Crippen molar-refractivity contribution in [2.75, 3.05) is 19.0 Å². The van der Waals surface area contributed by atoms with Crippen molar-refractivity contribution in [3.05, 3.63) is 28.5 Å². The second-order valence-electron chi connectivity index (χ2n) is 3.23. The van der Waals surface area contributed by atoms with Crippen LogP contribution in [0.1, 0.15) is 12.8 Å². The van der Waals surface area contributed by atoms with Gasteiger partial charge in [0.2, 0.25) is 0 Å². The van der Waals surface area contributed by atoms with Gasteiger partial charge in [-0.05, 0) is 24.6 Å². The van der Waals surface area contributed by atoms with Gasteiger partial charge >= 0.3 is 5.97 Å². The smallest absolute Gasteiger partial charge is 0.305 e. The van der Waals surface area contributed by atoms with Crippen LogP contribution in [-0.4, -0.2) is 19.6 Å². The second kappa shape index (κ2) is 6.48. The van der Waals surface area contributed by atoms with Gasteiger partial charge in [-0.1, -0.05) is 15.9 Å². The van der Waals surface area contributed by atoms with Crippen LogP contribution in [0.3, 0.4) is 0 Å². The number of carbonyl (C=O) groups excluding carboxylic acids is 1. The van der Waals surface area contributed by atoms with E-state index >= 15 is 0 Å².